The standard InChI is InChI=1S/C26H22O6/c1-17-12-26(29)32-25-16-22(8-9-24(17)25)30-10-11-31-23-14-19(13-21(28)15-23)3-2-18-4-6-20(27)7-5-18/h2-9,12-16,27-28H,10-11H2,1H3/b3-2+. The predicted molar refractivity (Wildman–Crippen MR) is 123 cm³/mol. The number of fused-ring (bicyclic) bond motifs is 1. The fourth-order valence-electron chi connectivity index (χ4n) is 3.28. The molecule has 4 rings (SSSR count). The number of hydrogen-bond donors (Lipinski definition) is 2. The molecule has 0 saturated carbocycles. The third-order valence-corrected chi connectivity index (χ3v) is 4.82. The van der Waals surface area contributed by atoms with Crippen molar-refractivity contribution < 1.29 is 24.1 Å². The normalized spacial score (nSPS) is 11.2. The number of aryl methyl sites for hydroxylation is 1. The number of hydrogen-bond acceptors (Lipinski definition) is 6. The average Bonchev–Trinajstić information content (AvgIpc) is 2.76. The summed E-state index contributed by atoms with van der Waals surface area (Å²) in [5.41, 5.74) is 2.63. The number of benzene rings is 3. The Balaban J connectivity index is 1.36. The highest BCUT2D eigenvalue weighted by atomic mass is 16.5. The van der Waals surface area contributed by atoms with Crippen LogP contribution in [0, 0.1) is 6.92 Å². The van der Waals surface area contributed by atoms with E-state index >= 15 is 0 Å². The molecule has 2 N–H and O–H groups in total. The number of aromatic hydroxyl groups is 2. The highest BCUT2D eigenvalue weighted by Gasteiger charge is 2.05. The van der Waals surface area contributed by atoms with Gasteiger partial charge in [0.1, 0.15) is 41.8 Å². The van der Waals surface area contributed by atoms with Gasteiger partial charge in [0.05, 0.1) is 0 Å². The Hall–Kier alpha value is -4.19. The van der Waals surface area contributed by atoms with E-state index < -0.39 is 5.63 Å². The van der Waals surface area contributed by atoms with Gasteiger partial charge in [0.2, 0.25) is 0 Å². The zero-order chi connectivity index (χ0) is 22.5. The Morgan fingerprint density at radius 2 is 1.50 bits per heavy atom. The Morgan fingerprint density at radius 1 is 0.781 bits per heavy atom. The van der Waals surface area contributed by atoms with E-state index in [2.05, 4.69) is 0 Å². The van der Waals surface area contributed by atoms with Crippen LogP contribution in [0.1, 0.15) is 16.7 Å². The lowest BCUT2D eigenvalue weighted by atomic mass is 10.1. The van der Waals surface area contributed by atoms with Gasteiger partial charge >= 0.3 is 5.63 Å². The quantitative estimate of drug-likeness (QED) is 0.240. The fraction of sp³-hybridized carbons (Fsp3) is 0.115. The number of phenolic OH excluding ortho intramolecular Hbond substituents is 2. The molecule has 0 aliphatic heterocycles. The molecule has 162 valence electrons. The van der Waals surface area contributed by atoms with Crippen molar-refractivity contribution in [3.63, 3.8) is 0 Å². The summed E-state index contributed by atoms with van der Waals surface area (Å²) < 4.78 is 16.7. The highest BCUT2D eigenvalue weighted by Crippen LogP contribution is 2.24. The minimum atomic E-state index is -0.394. The van der Waals surface area contributed by atoms with Gasteiger partial charge in [0.25, 0.3) is 0 Å². The first-order valence-corrected chi connectivity index (χ1v) is 10.1. The molecule has 0 unspecified atom stereocenters. The first-order valence-electron chi connectivity index (χ1n) is 10.1. The third-order valence-electron chi connectivity index (χ3n) is 4.82. The molecule has 3 aromatic carbocycles. The summed E-state index contributed by atoms with van der Waals surface area (Å²) in [6.07, 6.45) is 3.72. The van der Waals surface area contributed by atoms with Crippen LogP contribution in [-0.4, -0.2) is 23.4 Å². The van der Waals surface area contributed by atoms with Crippen LogP contribution in [0.3, 0.4) is 0 Å². The summed E-state index contributed by atoms with van der Waals surface area (Å²) in [5, 5.41) is 20.2. The zero-order valence-corrected chi connectivity index (χ0v) is 17.4. The zero-order valence-electron chi connectivity index (χ0n) is 17.4. The number of ether oxygens (including phenoxy) is 2. The molecule has 0 bridgehead atoms. The van der Waals surface area contributed by atoms with Crippen molar-refractivity contribution in [2.75, 3.05) is 13.2 Å². The highest BCUT2D eigenvalue weighted by molar-refractivity contribution is 5.81. The molecule has 0 saturated heterocycles. The monoisotopic (exact) mass is 430 g/mol. The van der Waals surface area contributed by atoms with Crippen molar-refractivity contribution in [1.82, 2.24) is 0 Å². The summed E-state index contributed by atoms with van der Waals surface area (Å²) >= 11 is 0. The van der Waals surface area contributed by atoms with Gasteiger partial charge in [-0.1, -0.05) is 24.3 Å². The Morgan fingerprint density at radius 3 is 2.28 bits per heavy atom. The van der Waals surface area contributed by atoms with Crippen LogP contribution < -0.4 is 15.1 Å². The second kappa shape index (κ2) is 9.31. The van der Waals surface area contributed by atoms with Crippen LogP contribution in [0.25, 0.3) is 23.1 Å². The summed E-state index contributed by atoms with van der Waals surface area (Å²) in [4.78, 5) is 11.6. The van der Waals surface area contributed by atoms with Crippen LogP contribution in [0.15, 0.2) is 75.9 Å². The van der Waals surface area contributed by atoms with Crippen molar-refractivity contribution >= 4 is 23.1 Å². The lowest BCUT2D eigenvalue weighted by Gasteiger charge is -2.10. The molecule has 4 aromatic rings. The molecular weight excluding hydrogens is 408 g/mol. The minimum Gasteiger partial charge on any atom is -0.508 e. The molecule has 0 fully saturated rings. The Kier molecular flexibility index (Phi) is 6.12. The van der Waals surface area contributed by atoms with E-state index in [0.29, 0.717) is 17.1 Å². The molecule has 32 heavy (non-hydrogen) atoms. The van der Waals surface area contributed by atoms with Crippen LogP contribution in [0.4, 0.5) is 0 Å². The van der Waals surface area contributed by atoms with E-state index in [9.17, 15) is 15.0 Å². The smallest absolute Gasteiger partial charge is 0.336 e. The van der Waals surface area contributed by atoms with Gasteiger partial charge in [0, 0.05) is 23.6 Å². The first-order chi connectivity index (χ1) is 15.5. The van der Waals surface area contributed by atoms with Crippen molar-refractivity contribution in [3.05, 3.63) is 93.8 Å². The topological polar surface area (TPSA) is 89.1 Å². The lowest BCUT2D eigenvalue weighted by molar-refractivity contribution is 0.216. The van der Waals surface area contributed by atoms with Gasteiger partial charge in [-0.15, -0.1) is 0 Å². The van der Waals surface area contributed by atoms with Gasteiger partial charge in [-0.2, -0.15) is 0 Å². The van der Waals surface area contributed by atoms with Gasteiger partial charge < -0.3 is 24.1 Å². The lowest BCUT2D eigenvalue weighted by Crippen LogP contribution is -2.09. The summed E-state index contributed by atoms with van der Waals surface area (Å²) in [5.74, 6) is 1.39. The summed E-state index contributed by atoms with van der Waals surface area (Å²) in [6.45, 7) is 2.40. The molecule has 0 amide bonds. The molecule has 0 aliphatic carbocycles. The third kappa shape index (κ3) is 5.29. The SMILES string of the molecule is Cc1cc(=O)oc2cc(OCCOc3cc(O)cc(/C=C/c4ccc(O)cc4)c3)ccc12. The van der Waals surface area contributed by atoms with Gasteiger partial charge in [-0.3, -0.25) is 0 Å². The van der Waals surface area contributed by atoms with Crippen molar-refractivity contribution in [2.24, 2.45) is 0 Å². The van der Waals surface area contributed by atoms with Gasteiger partial charge in [-0.05, 0) is 60.0 Å². The van der Waals surface area contributed by atoms with E-state index in [1.807, 2.05) is 37.3 Å². The van der Waals surface area contributed by atoms with Gasteiger partial charge in [-0.25, -0.2) is 4.79 Å². The first kappa shape index (κ1) is 21.1. The largest absolute Gasteiger partial charge is 0.508 e. The average molecular weight is 430 g/mol. The van der Waals surface area contributed by atoms with Crippen LogP contribution in [0.5, 0.6) is 23.0 Å². The second-order valence-electron chi connectivity index (χ2n) is 7.29. The molecule has 6 nitrogen and oxygen atoms in total. The molecule has 0 spiro atoms. The molecule has 1 heterocycles. The van der Waals surface area contributed by atoms with Crippen molar-refractivity contribution in [3.8, 4) is 23.0 Å². The minimum absolute atomic E-state index is 0.0914. The maximum Gasteiger partial charge on any atom is 0.336 e. The molecule has 6 heteroatoms. The van der Waals surface area contributed by atoms with E-state index in [4.69, 9.17) is 13.9 Å². The second-order valence-corrected chi connectivity index (χ2v) is 7.29. The van der Waals surface area contributed by atoms with Crippen molar-refractivity contribution in [1.29, 1.82) is 0 Å². The van der Waals surface area contributed by atoms with Crippen molar-refractivity contribution in [2.45, 2.75) is 6.92 Å². The number of phenols is 2. The maximum atomic E-state index is 11.6. The van der Waals surface area contributed by atoms with Crippen LogP contribution in [0.2, 0.25) is 0 Å². The fourth-order valence-corrected chi connectivity index (χ4v) is 3.28. The number of rotatable bonds is 7. The summed E-state index contributed by atoms with van der Waals surface area (Å²) in [6, 6.07) is 18.6. The van der Waals surface area contributed by atoms with E-state index in [1.165, 1.54) is 12.1 Å². The molecule has 0 radical (unpaired) electrons. The predicted octanol–water partition coefficient (Wildman–Crippen LogP) is 5.14. The van der Waals surface area contributed by atoms with Crippen LogP contribution in [-0.2, 0) is 0 Å². The van der Waals surface area contributed by atoms with E-state index in [1.54, 1.807) is 36.4 Å². The molecule has 1 aromatic heterocycles. The van der Waals surface area contributed by atoms with E-state index in [0.717, 1.165) is 22.1 Å². The summed E-state index contributed by atoms with van der Waals surface area (Å²) in [7, 11) is 0. The Bertz CT molecular complexity index is 1320. The maximum absolute atomic E-state index is 11.6. The molecule has 0 atom stereocenters. The van der Waals surface area contributed by atoms with Crippen LogP contribution >= 0.6 is 0 Å². The van der Waals surface area contributed by atoms with Gasteiger partial charge in [0.15, 0.2) is 0 Å². The van der Waals surface area contributed by atoms with E-state index in [-0.39, 0.29) is 24.7 Å². The Labute approximate surface area is 184 Å². The molecular formula is C26H22O6. The molecule has 0 aliphatic rings.